The van der Waals surface area contributed by atoms with Crippen LogP contribution in [-0.4, -0.2) is 23.9 Å². The lowest BCUT2D eigenvalue weighted by atomic mass is 10.0. The molecule has 15 heavy (non-hydrogen) atoms. The van der Waals surface area contributed by atoms with Gasteiger partial charge in [-0.2, -0.15) is 0 Å². The van der Waals surface area contributed by atoms with Gasteiger partial charge in [0, 0.05) is 30.8 Å². The Balaban J connectivity index is 2.68. The van der Waals surface area contributed by atoms with Gasteiger partial charge in [0.2, 0.25) is 0 Å². The van der Waals surface area contributed by atoms with Crippen molar-refractivity contribution < 1.29 is 4.79 Å². The van der Waals surface area contributed by atoms with E-state index in [1.54, 1.807) is 18.3 Å². The summed E-state index contributed by atoms with van der Waals surface area (Å²) in [6.07, 6.45) is 1.60. The van der Waals surface area contributed by atoms with Gasteiger partial charge in [0.25, 0.3) is 0 Å². The molecule has 0 saturated carbocycles. The maximum atomic E-state index is 11.6. The first-order valence-electron chi connectivity index (χ1n) is 5.09. The molecule has 82 valence electrons. The van der Waals surface area contributed by atoms with E-state index in [1.165, 1.54) is 0 Å². The summed E-state index contributed by atoms with van der Waals surface area (Å²) < 4.78 is 0. The fourth-order valence-electron chi connectivity index (χ4n) is 1.18. The highest BCUT2D eigenvalue weighted by atomic mass is 16.1. The van der Waals surface area contributed by atoms with Crippen molar-refractivity contribution in [2.75, 3.05) is 18.4 Å². The number of anilines is 1. The number of ketones is 1. The average molecular weight is 207 g/mol. The van der Waals surface area contributed by atoms with Crippen LogP contribution in [0.4, 0.5) is 5.82 Å². The van der Waals surface area contributed by atoms with Crippen LogP contribution < -0.4 is 11.1 Å². The number of pyridine rings is 1. The molecule has 0 aliphatic carbocycles. The standard InChI is InChI=1S/C11H17N3O/c1-8(2)11(15)9-3-4-10(14-7-9)13-6-5-12/h3-4,7-8H,5-6,12H2,1-2H3,(H,13,14). The zero-order valence-corrected chi connectivity index (χ0v) is 9.16. The van der Waals surface area contributed by atoms with Gasteiger partial charge in [-0.25, -0.2) is 4.98 Å². The third kappa shape index (κ3) is 3.32. The van der Waals surface area contributed by atoms with Crippen LogP contribution in [0.25, 0.3) is 0 Å². The number of nitrogens with two attached hydrogens (primary N) is 1. The number of carbonyl (C=O) groups excluding carboxylic acids is 1. The minimum absolute atomic E-state index is 0.00894. The second-order valence-electron chi connectivity index (χ2n) is 3.67. The number of nitrogens with one attached hydrogen (secondary N) is 1. The van der Waals surface area contributed by atoms with Gasteiger partial charge in [-0.05, 0) is 12.1 Å². The van der Waals surface area contributed by atoms with Crippen molar-refractivity contribution >= 4 is 11.6 Å². The molecular formula is C11H17N3O. The highest BCUT2D eigenvalue weighted by Crippen LogP contribution is 2.09. The normalized spacial score (nSPS) is 10.4. The first-order valence-corrected chi connectivity index (χ1v) is 5.09. The highest BCUT2D eigenvalue weighted by Gasteiger charge is 2.10. The molecule has 1 heterocycles. The van der Waals surface area contributed by atoms with Gasteiger partial charge in [0.05, 0.1) is 0 Å². The third-order valence-electron chi connectivity index (χ3n) is 2.02. The summed E-state index contributed by atoms with van der Waals surface area (Å²) in [5.41, 5.74) is 6.01. The monoisotopic (exact) mass is 207 g/mol. The molecule has 1 rings (SSSR count). The molecule has 0 radical (unpaired) electrons. The summed E-state index contributed by atoms with van der Waals surface area (Å²) in [4.78, 5) is 15.7. The molecule has 1 aromatic heterocycles. The SMILES string of the molecule is CC(C)C(=O)c1ccc(NCCN)nc1. The van der Waals surface area contributed by atoms with E-state index in [1.807, 2.05) is 13.8 Å². The van der Waals surface area contributed by atoms with Crippen molar-refractivity contribution in [3.63, 3.8) is 0 Å². The third-order valence-corrected chi connectivity index (χ3v) is 2.02. The predicted octanol–water partition coefficient (Wildman–Crippen LogP) is 1.29. The Morgan fingerprint density at radius 2 is 2.27 bits per heavy atom. The predicted molar refractivity (Wildman–Crippen MR) is 60.9 cm³/mol. The van der Waals surface area contributed by atoms with Gasteiger partial charge >= 0.3 is 0 Å². The zero-order valence-electron chi connectivity index (χ0n) is 9.16. The number of Topliss-reactive ketones (excluding diaryl/α,β-unsaturated/α-hetero) is 1. The van der Waals surface area contributed by atoms with Gasteiger partial charge < -0.3 is 11.1 Å². The molecule has 0 bridgehead atoms. The quantitative estimate of drug-likeness (QED) is 0.714. The van der Waals surface area contributed by atoms with E-state index in [0.717, 1.165) is 5.82 Å². The van der Waals surface area contributed by atoms with E-state index >= 15 is 0 Å². The van der Waals surface area contributed by atoms with E-state index in [0.29, 0.717) is 18.7 Å². The van der Waals surface area contributed by atoms with E-state index in [-0.39, 0.29) is 11.7 Å². The fourth-order valence-corrected chi connectivity index (χ4v) is 1.18. The summed E-state index contributed by atoms with van der Waals surface area (Å²) in [6, 6.07) is 3.58. The Bertz CT molecular complexity index is 319. The Morgan fingerprint density at radius 3 is 2.73 bits per heavy atom. The molecule has 0 aliphatic rings. The molecule has 0 atom stereocenters. The van der Waals surface area contributed by atoms with Gasteiger partial charge in [-0.1, -0.05) is 13.8 Å². The molecule has 0 saturated heterocycles. The molecule has 3 N–H and O–H groups in total. The number of carbonyl (C=O) groups is 1. The molecular weight excluding hydrogens is 190 g/mol. The first kappa shape index (κ1) is 11.7. The Labute approximate surface area is 89.9 Å². The van der Waals surface area contributed by atoms with Gasteiger partial charge in [-0.15, -0.1) is 0 Å². The molecule has 0 spiro atoms. The number of hydrogen-bond donors (Lipinski definition) is 2. The van der Waals surface area contributed by atoms with Gasteiger partial charge in [0.1, 0.15) is 5.82 Å². The van der Waals surface area contributed by atoms with Crippen molar-refractivity contribution in [3.8, 4) is 0 Å². The van der Waals surface area contributed by atoms with Crippen LogP contribution in [-0.2, 0) is 0 Å². The Kier molecular flexibility index (Phi) is 4.24. The van der Waals surface area contributed by atoms with Crippen LogP contribution in [0.2, 0.25) is 0 Å². The molecule has 0 unspecified atom stereocenters. The van der Waals surface area contributed by atoms with Crippen LogP contribution in [0.1, 0.15) is 24.2 Å². The summed E-state index contributed by atoms with van der Waals surface area (Å²) in [7, 11) is 0. The van der Waals surface area contributed by atoms with Gasteiger partial charge in [-0.3, -0.25) is 4.79 Å². The molecule has 1 aromatic rings. The summed E-state index contributed by atoms with van der Waals surface area (Å²) in [5.74, 6) is 0.878. The smallest absolute Gasteiger partial charge is 0.166 e. The zero-order chi connectivity index (χ0) is 11.3. The lowest BCUT2D eigenvalue weighted by molar-refractivity contribution is 0.0939. The van der Waals surface area contributed by atoms with Crippen LogP contribution in [0, 0.1) is 5.92 Å². The molecule has 0 aliphatic heterocycles. The number of rotatable bonds is 5. The van der Waals surface area contributed by atoms with Crippen molar-refractivity contribution in [2.45, 2.75) is 13.8 Å². The minimum Gasteiger partial charge on any atom is -0.369 e. The lowest BCUT2D eigenvalue weighted by Crippen LogP contribution is -2.14. The minimum atomic E-state index is 0.00894. The van der Waals surface area contributed by atoms with Crippen molar-refractivity contribution in [1.29, 1.82) is 0 Å². The molecule has 0 fully saturated rings. The van der Waals surface area contributed by atoms with Crippen LogP contribution >= 0.6 is 0 Å². The molecule has 4 nitrogen and oxygen atoms in total. The maximum Gasteiger partial charge on any atom is 0.166 e. The highest BCUT2D eigenvalue weighted by molar-refractivity contribution is 5.97. The van der Waals surface area contributed by atoms with Crippen molar-refractivity contribution in [1.82, 2.24) is 4.98 Å². The number of aromatic nitrogens is 1. The average Bonchev–Trinajstić information content (AvgIpc) is 2.26. The fraction of sp³-hybridized carbons (Fsp3) is 0.455. The van der Waals surface area contributed by atoms with Gasteiger partial charge in [0.15, 0.2) is 5.78 Å². The second-order valence-corrected chi connectivity index (χ2v) is 3.67. The van der Waals surface area contributed by atoms with E-state index < -0.39 is 0 Å². The summed E-state index contributed by atoms with van der Waals surface area (Å²) in [5, 5.41) is 3.04. The molecule has 4 heteroatoms. The Morgan fingerprint density at radius 1 is 1.53 bits per heavy atom. The van der Waals surface area contributed by atoms with E-state index in [2.05, 4.69) is 10.3 Å². The lowest BCUT2D eigenvalue weighted by Gasteiger charge is -2.06. The van der Waals surface area contributed by atoms with Crippen molar-refractivity contribution in [2.24, 2.45) is 11.7 Å². The summed E-state index contributed by atoms with van der Waals surface area (Å²) >= 11 is 0. The summed E-state index contributed by atoms with van der Waals surface area (Å²) in [6.45, 7) is 5.00. The topological polar surface area (TPSA) is 68.0 Å². The van der Waals surface area contributed by atoms with Crippen LogP contribution in [0.5, 0.6) is 0 Å². The van der Waals surface area contributed by atoms with E-state index in [4.69, 9.17) is 5.73 Å². The molecule has 0 amide bonds. The molecule has 0 aromatic carbocycles. The van der Waals surface area contributed by atoms with Crippen molar-refractivity contribution in [3.05, 3.63) is 23.9 Å². The Hall–Kier alpha value is -1.42. The second kappa shape index (κ2) is 5.46. The number of hydrogen-bond acceptors (Lipinski definition) is 4. The van der Waals surface area contributed by atoms with Crippen LogP contribution in [0.3, 0.4) is 0 Å². The van der Waals surface area contributed by atoms with E-state index in [9.17, 15) is 4.79 Å². The maximum absolute atomic E-state index is 11.6. The first-order chi connectivity index (χ1) is 7.15. The van der Waals surface area contributed by atoms with Crippen LogP contribution in [0.15, 0.2) is 18.3 Å². The number of nitrogens with zero attached hydrogens (tertiary/aromatic N) is 1. The largest absolute Gasteiger partial charge is 0.369 e.